The molecule has 0 aromatic heterocycles. The Morgan fingerprint density at radius 3 is 1.65 bits per heavy atom. The first-order chi connectivity index (χ1) is 19.1. The van der Waals surface area contributed by atoms with Crippen LogP contribution in [0.5, 0.6) is 0 Å². The molecular formula is C31H64NO7P. The highest BCUT2D eigenvalue weighted by molar-refractivity contribution is 7.45. The minimum Gasteiger partial charge on any atom is -0.756 e. The van der Waals surface area contributed by atoms with Crippen molar-refractivity contribution in [3.05, 3.63) is 0 Å². The van der Waals surface area contributed by atoms with E-state index in [4.69, 9.17) is 18.5 Å². The van der Waals surface area contributed by atoms with Gasteiger partial charge >= 0.3 is 5.97 Å². The zero-order valence-electron chi connectivity index (χ0n) is 26.8. The number of carbonyl (C=O) groups is 1. The second kappa shape index (κ2) is 26.2. The van der Waals surface area contributed by atoms with E-state index in [1.165, 1.54) is 83.5 Å². The van der Waals surface area contributed by atoms with Gasteiger partial charge in [-0.2, -0.15) is 0 Å². The lowest BCUT2D eigenvalue weighted by Gasteiger charge is -2.28. The number of carbonyl (C=O) groups excluding carboxylic acids is 1. The third kappa shape index (κ3) is 29.0. The lowest BCUT2D eigenvalue weighted by atomic mass is 10.1. The number of esters is 1. The van der Waals surface area contributed by atoms with Crippen molar-refractivity contribution in [1.29, 1.82) is 0 Å². The summed E-state index contributed by atoms with van der Waals surface area (Å²) in [6.45, 7) is 5.36. The Bertz CT molecular complexity index is 627. The maximum atomic E-state index is 12.5. The molecule has 40 heavy (non-hydrogen) atoms. The van der Waals surface area contributed by atoms with Gasteiger partial charge in [0.2, 0.25) is 0 Å². The van der Waals surface area contributed by atoms with Crippen LogP contribution in [-0.4, -0.2) is 70.7 Å². The van der Waals surface area contributed by atoms with Crippen molar-refractivity contribution in [2.24, 2.45) is 0 Å². The first-order valence-corrected chi connectivity index (χ1v) is 17.7. The van der Waals surface area contributed by atoms with E-state index < -0.39 is 13.9 Å². The molecule has 0 aliphatic rings. The normalized spacial score (nSPS) is 14.2. The highest BCUT2D eigenvalue weighted by Crippen LogP contribution is 2.38. The molecule has 8 nitrogen and oxygen atoms in total. The zero-order valence-corrected chi connectivity index (χ0v) is 27.7. The summed E-state index contributed by atoms with van der Waals surface area (Å²) in [5, 5.41) is 0. The maximum absolute atomic E-state index is 12.5. The molecule has 0 bridgehead atoms. The third-order valence-electron chi connectivity index (χ3n) is 6.91. The molecule has 240 valence electrons. The molecule has 0 fully saturated rings. The van der Waals surface area contributed by atoms with Crippen LogP contribution in [-0.2, 0) is 27.9 Å². The van der Waals surface area contributed by atoms with Crippen LogP contribution in [0.2, 0.25) is 0 Å². The number of quaternary nitrogens is 1. The van der Waals surface area contributed by atoms with E-state index in [1.807, 2.05) is 21.1 Å². The van der Waals surface area contributed by atoms with Gasteiger partial charge in [-0.25, -0.2) is 0 Å². The maximum Gasteiger partial charge on any atom is 0.306 e. The van der Waals surface area contributed by atoms with Gasteiger partial charge in [0.25, 0.3) is 7.82 Å². The molecule has 0 heterocycles. The van der Waals surface area contributed by atoms with E-state index in [-0.39, 0.29) is 25.8 Å². The Balaban J connectivity index is 4.34. The molecule has 2 atom stereocenters. The zero-order chi connectivity index (χ0) is 30.0. The van der Waals surface area contributed by atoms with Crippen molar-refractivity contribution >= 4 is 13.8 Å². The highest BCUT2D eigenvalue weighted by atomic mass is 31.2. The summed E-state index contributed by atoms with van der Waals surface area (Å²) in [7, 11) is 1.36. The van der Waals surface area contributed by atoms with Crippen LogP contribution >= 0.6 is 7.82 Å². The second-order valence-electron chi connectivity index (χ2n) is 12.2. The van der Waals surface area contributed by atoms with Crippen molar-refractivity contribution in [2.45, 2.75) is 142 Å². The number of ether oxygens (including phenoxy) is 2. The first kappa shape index (κ1) is 39.5. The van der Waals surface area contributed by atoms with Crippen LogP contribution in [0.4, 0.5) is 0 Å². The van der Waals surface area contributed by atoms with Gasteiger partial charge < -0.3 is 27.9 Å². The Hall–Kier alpha value is -0.500. The quantitative estimate of drug-likeness (QED) is 0.0367. The summed E-state index contributed by atoms with van der Waals surface area (Å²) in [4.78, 5) is 24.7. The minimum atomic E-state index is -4.49. The Labute approximate surface area is 247 Å². The number of unbranched alkanes of at least 4 members (excludes halogenated alkanes) is 16. The lowest BCUT2D eigenvalue weighted by Crippen LogP contribution is -2.37. The molecule has 0 rings (SSSR count). The fraction of sp³-hybridized carbons (Fsp3) is 0.968. The van der Waals surface area contributed by atoms with Crippen LogP contribution in [0.1, 0.15) is 136 Å². The average molecular weight is 594 g/mol. The SMILES string of the molecule is CCCCCCCCCCCCCC(=O)OC(COCCCCCCCCC)COP(=O)([O-])OCC[N+](C)(C)C. The molecular weight excluding hydrogens is 529 g/mol. The fourth-order valence-electron chi connectivity index (χ4n) is 4.31. The monoisotopic (exact) mass is 593 g/mol. The van der Waals surface area contributed by atoms with Gasteiger partial charge in [0, 0.05) is 13.0 Å². The summed E-state index contributed by atoms with van der Waals surface area (Å²) >= 11 is 0. The molecule has 2 unspecified atom stereocenters. The predicted octanol–water partition coefficient (Wildman–Crippen LogP) is 7.57. The fourth-order valence-corrected chi connectivity index (χ4v) is 5.04. The molecule has 9 heteroatoms. The second-order valence-corrected chi connectivity index (χ2v) is 13.6. The van der Waals surface area contributed by atoms with Gasteiger partial charge in [0.05, 0.1) is 34.4 Å². The first-order valence-electron chi connectivity index (χ1n) is 16.3. The minimum absolute atomic E-state index is 0.0301. The van der Waals surface area contributed by atoms with Crippen LogP contribution in [0.15, 0.2) is 0 Å². The molecule has 0 aliphatic carbocycles. The molecule has 0 aromatic carbocycles. The predicted molar refractivity (Wildman–Crippen MR) is 162 cm³/mol. The van der Waals surface area contributed by atoms with Crippen molar-refractivity contribution < 1.29 is 37.3 Å². The lowest BCUT2D eigenvalue weighted by molar-refractivity contribution is -0.870. The van der Waals surface area contributed by atoms with Gasteiger partial charge in [0.15, 0.2) is 0 Å². The van der Waals surface area contributed by atoms with Gasteiger partial charge in [-0.05, 0) is 12.8 Å². The number of rotatable bonds is 30. The summed E-state index contributed by atoms with van der Waals surface area (Å²) in [5.74, 6) is -0.337. The topological polar surface area (TPSA) is 94.1 Å². The van der Waals surface area contributed by atoms with E-state index in [0.29, 0.717) is 24.1 Å². The van der Waals surface area contributed by atoms with E-state index in [9.17, 15) is 14.3 Å². The molecule has 0 N–H and O–H groups in total. The molecule has 0 saturated heterocycles. The Kier molecular flexibility index (Phi) is 25.8. The summed E-state index contributed by atoms with van der Waals surface area (Å²) in [6, 6.07) is 0. The standard InChI is InChI=1S/C31H64NO7P/c1-6-8-10-12-14-15-16-17-18-20-22-24-31(33)39-30(28-36-26-23-21-19-13-11-9-7-2)29-38-40(34,35)37-27-25-32(3,4)5/h30H,6-29H2,1-5H3. The van der Waals surface area contributed by atoms with E-state index in [2.05, 4.69) is 13.8 Å². The number of phosphoric acid groups is 1. The van der Waals surface area contributed by atoms with Gasteiger partial charge in [0.1, 0.15) is 19.3 Å². The Morgan fingerprint density at radius 1 is 0.675 bits per heavy atom. The smallest absolute Gasteiger partial charge is 0.306 e. The number of phosphoric ester groups is 1. The Morgan fingerprint density at radius 2 is 1.15 bits per heavy atom. The molecule has 0 amide bonds. The number of likely N-dealkylation sites (N-methyl/N-ethyl adjacent to an activating group) is 1. The van der Waals surface area contributed by atoms with Crippen LogP contribution in [0, 0.1) is 0 Å². The van der Waals surface area contributed by atoms with Crippen molar-refractivity contribution in [3.63, 3.8) is 0 Å². The van der Waals surface area contributed by atoms with E-state index >= 15 is 0 Å². The van der Waals surface area contributed by atoms with E-state index in [0.717, 1.165) is 32.1 Å². The van der Waals surface area contributed by atoms with Gasteiger partial charge in [-0.1, -0.05) is 117 Å². The molecule has 0 aromatic rings. The molecule has 0 saturated carbocycles. The average Bonchev–Trinajstić information content (AvgIpc) is 2.88. The number of nitrogens with zero attached hydrogens (tertiary/aromatic N) is 1. The summed E-state index contributed by atoms with van der Waals surface area (Å²) in [5.41, 5.74) is 0. The van der Waals surface area contributed by atoms with Crippen molar-refractivity contribution in [1.82, 2.24) is 0 Å². The summed E-state index contributed by atoms with van der Waals surface area (Å²) in [6.07, 6.45) is 21.1. The molecule has 0 aliphatic heterocycles. The highest BCUT2D eigenvalue weighted by Gasteiger charge is 2.20. The summed E-state index contributed by atoms with van der Waals surface area (Å²) < 4.78 is 34.1. The molecule has 0 spiro atoms. The van der Waals surface area contributed by atoms with Crippen molar-refractivity contribution in [2.75, 3.05) is 54.1 Å². The van der Waals surface area contributed by atoms with Crippen molar-refractivity contribution in [3.8, 4) is 0 Å². The van der Waals surface area contributed by atoms with E-state index in [1.54, 1.807) is 0 Å². The van der Waals surface area contributed by atoms with Gasteiger partial charge in [-0.15, -0.1) is 0 Å². The van der Waals surface area contributed by atoms with Gasteiger partial charge in [-0.3, -0.25) is 9.36 Å². The largest absolute Gasteiger partial charge is 0.756 e. The van der Waals surface area contributed by atoms with Crippen LogP contribution < -0.4 is 4.89 Å². The van der Waals surface area contributed by atoms with Crippen LogP contribution in [0.25, 0.3) is 0 Å². The number of hydrogen-bond acceptors (Lipinski definition) is 7. The molecule has 0 radical (unpaired) electrons. The van der Waals surface area contributed by atoms with Crippen LogP contribution in [0.3, 0.4) is 0 Å². The number of hydrogen-bond donors (Lipinski definition) is 0. The third-order valence-corrected chi connectivity index (χ3v) is 7.87.